The molecule has 0 saturated heterocycles. The standard InChI is InChI=1S/C5H9NO3.C3H5NO/c1-2-4(7)6-3-5(8)9;1-2-3(4)5/h2,5,8-9H,1,3H2,(H,6,7);2H,1H2,(H2,4,5). The average Bonchev–Trinajstić information content (AvgIpc) is 2.14. The molecule has 0 aromatic carbocycles. The molecule has 0 aliphatic rings. The molecular weight excluding hydrogens is 188 g/mol. The van der Waals surface area contributed by atoms with Gasteiger partial charge in [-0.25, -0.2) is 0 Å². The van der Waals surface area contributed by atoms with Crippen LogP contribution in [0.15, 0.2) is 25.3 Å². The van der Waals surface area contributed by atoms with Crippen molar-refractivity contribution in [3.63, 3.8) is 0 Å². The van der Waals surface area contributed by atoms with E-state index < -0.39 is 18.1 Å². The fraction of sp³-hybridized carbons (Fsp3) is 0.250. The van der Waals surface area contributed by atoms with Crippen LogP contribution in [-0.4, -0.2) is 34.9 Å². The van der Waals surface area contributed by atoms with Crippen molar-refractivity contribution in [2.75, 3.05) is 6.54 Å². The Labute approximate surface area is 81.7 Å². The molecule has 0 aliphatic carbocycles. The van der Waals surface area contributed by atoms with Crippen LogP contribution in [0, 0.1) is 0 Å². The zero-order valence-electron chi connectivity index (χ0n) is 7.64. The molecule has 0 aromatic heterocycles. The number of aliphatic hydroxyl groups excluding tert-OH is 1. The van der Waals surface area contributed by atoms with E-state index in [-0.39, 0.29) is 6.54 Å². The van der Waals surface area contributed by atoms with Gasteiger partial charge in [0, 0.05) is 0 Å². The van der Waals surface area contributed by atoms with Crippen LogP contribution in [0.25, 0.3) is 0 Å². The van der Waals surface area contributed by atoms with Gasteiger partial charge in [0.1, 0.15) is 0 Å². The van der Waals surface area contributed by atoms with Gasteiger partial charge in [-0.1, -0.05) is 13.2 Å². The topological polar surface area (TPSA) is 113 Å². The van der Waals surface area contributed by atoms with Gasteiger partial charge in [0.05, 0.1) is 6.54 Å². The van der Waals surface area contributed by atoms with E-state index in [1.165, 1.54) is 0 Å². The smallest absolute Gasteiger partial charge is 0.243 e. The molecule has 6 heteroatoms. The highest BCUT2D eigenvalue weighted by Crippen LogP contribution is 1.70. The summed E-state index contributed by atoms with van der Waals surface area (Å²) >= 11 is 0. The van der Waals surface area contributed by atoms with E-state index in [4.69, 9.17) is 10.2 Å². The molecule has 14 heavy (non-hydrogen) atoms. The predicted molar refractivity (Wildman–Crippen MR) is 50.8 cm³/mol. The van der Waals surface area contributed by atoms with E-state index in [1.54, 1.807) is 0 Å². The number of primary amides is 1. The van der Waals surface area contributed by atoms with Crippen LogP contribution in [0.3, 0.4) is 0 Å². The van der Waals surface area contributed by atoms with E-state index in [2.05, 4.69) is 24.2 Å². The van der Waals surface area contributed by atoms with Crippen LogP contribution in [-0.2, 0) is 9.59 Å². The number of nitrogens with one attached hydrogen (secondary N) is 1. The van der Waals surface area contributed by atoms with Crippen LogP contribution in [0.1, 0.15) is 0 Å². The molecule has 2 amide bonds. The molecule has 0 aromatic rings. The van der Waals surface area contributed by atoms with Gasteiger partial charge in [-0.3, -0.25) is 9.59 Å². The third-order valence-electron chi connectivity index (χ3n) is 0.845. The van der Waals surface area contributed by atoms with E-state index >= 15 is 0 Å². The number of carbonyl (C=O) groups is 2. The van der Waals surface area contributed by atoms with Gasteiger partial charge in [-0.2, -0.15) is 0 Å². The van der Waals surface area contributed by atoms with Crippen LogP contribution >= 0.6 is 0 Å². The zero-order chi connectivity index (χ0) is 11.6. The fourth-order valence-corrected chi connectivity index (χ4v) is 0.264. The van der Waals surface area contributed by atoms with Crippen molar-refractivity contribution in [2.24, 2.45) is 5.73 Å². The number of hydrogen-bond acceptors (Lipinski definition) is 4. The SMILES string of the molecule is C=CC(=O)NCC(O)O.C=CC(N)=O. The molecule has 0 atom stereocenters. The normalized spacial score (nSPS) is 8.21. The second kappa shape index (κ2) is 9.43. The second-order valence-electron chi connectivity index (χ2n) is 2.04. The Morgan fingerprint density at radius 2 is 1.79 bits per heavy atom. The van der Waals surface area contributed by atoms with Gasteiger partial charge in [-0.05, 0) is 12.2 Å². The number of hydrogen-bond donors (Lipinski definition) is 4. The van der Waals surface area contributed by atoms with E-state index in [1.807, 2.05) is 0 Å². The summed E-state index contributed by atoms with van der Waals surface area (Å²) in [7, 11) is 0. The molecule has 0 heterocycles. The summed E-state index contributed by atoms with van der Waals surface area (Å²) < 4.78 is 0. The maximum absolute atomic E-state index is 10.3. The molecule has 0 aliphatic heterocycles. The number of nitrogens with two attached hydrogens (primary N) is 1. The van der Waals surface area contributed by atoms with Gasteiger partial charge in [0.2, 0.25) is 11.8 Å². The molecule has 0 spiro atoms. The maximum atomic E-state index is 10.3. The summed E-state index contributed by atoms with van der Waals surface area (Å²) in [5.41, 5.74) is 4.53. The lowest BCUT2D eigenvalue weighted by Gasteiger charge is -2.01. The van der Waals surface area contributed by atoms with E-state index in [9.17, 15) is 9.59 Å². The molecule has 0 rings (SSSR count). The minimum Gasteiger partial charge on any atom is -0.367 e. The van der Waals surface area contributed by atoms with Gasteiger partial charge in [0.15, 0.2) is 6.29 Å². The van der Waals surface area contributed by atoms with Crippen molar-refractivity contribution in [3.8, 4) is 0 Å². The summed E-state index contributed by atoms with van der Waals surface area (Å²) in [5.74, 6) is -0.895. The number of rotatable bonds is 4. The molecule has 0 radical (unpaired) electrons. The number of amides is 2. The maximum Gasteiger partial charge on any atom is 0.243 e. The molecule has 0 fully saturated rings. The monoisotopic (exact) mass is 202 g/mol. The van der Waals surface area contributed by atoms with Crippen molar-refractivity contribution >= 4 is 11.8 Å². The molecule has 80 valence electrons. The first-order chi connectivity index (χ1) is 6.43. The second-order valence-corrected chi connectivity index (χ2v) is 2.04. The van der Waals surface area contributed by atoms with Gasteiger partial charge >= 0.3 is 0 Å². The Balaban J connectivity index is 0. The Morgan fingerprint density at radius 3 is 2.00 bits per heavy atom. The van der Waals surface area contributed by atoms with Gasteiger partial charge in [-0.15, -0.1) is 0 Å². The van der Waals surface area contributed by atoms with E-state index in [0.717, 1.165) is 12.2 Å². The van der Waals surface area contributed by atoms with Gasteiger partial charge < -0.3 is 21.3 Å². The quantitative estimate of drug-likeness (QED) is 0.320. The Kier molecular flexibility index (Phi) is 10.00. The van der Waals surface area contributed by atoms with Crippen LogP contribution in [0.2, 0.25) is 0 Å². The highest BCUT2D eigenvalue weighted by Gasteiger charge is 1.97. The largest absolute Gasteiger partial charge is 0.367 e. The zero-order valence-corrected chi connectivity index (χ0v) is 7.64. The number of aliphatic hydroxyl groups is 2. The average molecular weight is 202 g/mol. The predicted octanol–water partition coefficient (Wildman–Crippen LogP) is -1.74. The third kappa shape index (κ3) is 16.7. The van der Waals surface area contributed by atoms with Gasteiger partial charge in [0.25, 0.3) is 0 Å². The first-order valence-corrected chi connectivity index (χ1v) is 3.62. The molecule has 5 N–H and O–H groups in total. The lowest BCUT2D eigenvalue weighted by Crippen LogP contribution is -2.30. The first-order valence-electron chi connectivity index (χ1n) is 3.62. The highest BCUT2D eigenvalue weighted by atomic mass is 16.5. The van der Waals surface area contributed by atoms with Crippen molar-refractivity contribution in [2.45, 2.75) is 6.29 Å². The molecule has 0 unspecified atom stereocenters. The van der Waals surface area contributed by atoms with Crippen molar-refractivity contribution in [1.82, 2.24) is 5.32 Å². The third-order valence-corrected chi connectivity index (χ3v) is 0.845. The summed E-state index contributed by atoms with van der Waals surface area (Å²) in [4.78, 5) is 19.7. The van der Waals surface area contributed by atoms with Crippen LogP contribution < -0.4 is 11.1 Å². The number of carbonyl (C=O) groups excluding carboxylic acids is 2. The molecular formula is C8H14N2O4. The Hall–Kier alpha value is -1.66. The highest BCUT2D eigenvalue weighted by molar-refractivity contribution is 5.86. The fourth-order valence-electron chi connectivity index (χ4n) is 0.264. The summed E-state index contributed by atoms with van der Waals surface area (Å²) in [6, 6.07) is 0. The molecule has 6 nitrogen and oxygen atoms in total. The Bertz CT molecular complexity index is 213. The van der Waals surface area contributed by atoms with E-state index in [0.29, 0.717) is 0 Å². The van der Waals surface area contributed by atoms with Crippen molar-refractivity contribution in [1.29, 1.82) is 0 Å². The summed E-state index contributed by atoms with van der Waals surface area (Å²) in [6.07, 6.45) is 0.622. The molecule has 0 saturated carbocycles. The minimum atomic E-state index is -1.49. The lowest BCUT2D eigenvalue weighted by molar-refractivity contribution is -0.118. The lowest BCUT2D eigenvalue weighted by atomic mass is 10.5. The first kappa shape index (κ1) is 14.8. The van der Waals surface area contributed by atoms with Crippen LogP contribution in [0.4, 0.5) is 0 Å². The summed E-state index contributed by atoms with van der Waals surface area (Å²) in [5, 5.41) is 18.6. The van der Waals surface area contributed by atoms with Crippen molar-refractivity contribution < 1.29 is 19.8 Å². The summed E-state index contributed by atoms with van der Waals surface area (Å²) in [6.45, 7) is 6.09. The molecule has 0 bridgehead atoms. The van der Waals surface area contributed by atoms with Crippen molar-refractivity contribution in [3.05, 3.63) is 25.3 Å². The van der Waals surface area contributed by atoms with Crippen LogP contribution in [0.5, 0.6) is 0 Å². The minimum absolute atomic E-state index is 0.162. The Morgan fingerprint density at radius 1 is 1.36 bits per heavy atom.